The summed E-state index contributed by atoms with van der Waals surface area (Å²) >= 11 is 1.59. The summed E-state index contributed by atoms with van der Waals surface area (Å²) in [5.74, 6) is 0.266. The quantitative estimate of drug-likeness (QED) is 0.580. The Morgan fingerprint density at radius 2 is 2.00 bits per heavy atom. The molecule has 1 aromatic carbocycles. The highest BCUT2D eigenvalue weighted by Crippen LogP contribution is 2.29. The van der Waals surface area contributed by atoms with Gasteiger partial charge in [0.2, 0.25) is 0 Å². The van der Waals surface area contributed by atoms with Gasteiger partial charge in [-0.2, -0.15) is 0 Å². The third-order valence-corrected chi connectivity index (χ3v) is 4.85. The number of para-hydroxylation sites is 1. The summed E-state index contributed by atoms with van der Waals surface area (Å²) in [4.78, 5) is 13.0. The van der Waals surface area contributed by atoms with E-state index in [1.165, 1.54) is 16.6 Å². The van der Waals surface area contributed by atoms with E-state index in [4.69, 9.17) is 0 Å². The van der Waals surface area contributed by atoms with Crippen molar-refractivity contribution in [1.29, 1.82) is 0 Å². The van der Waals surface area contributed by atoms with Gasteiger partial charge in [-0.25, -0.2) is 0 Å². The minimum absolute atomic E-state index is 0.266. The molecule has 0 N–H and O–H groups in total. The van der Waals surface area contributed by atoms with Crippen LogP contribution < -0.4 is 0 Å². The van der Waals surface area contributed by atoms with Crippen molar-refractivity contribution in [2.24, 2.45) is 0 Å². The Morgan fingerprint density at radius 3 is 2.81 bits per heavy atom. The van der Waals surface area contributed by atoms with Gasteiger partial charge in [-0.3, -0.25) is 4.79 Å². The zero-order valence-corrected chi connectivity index (χ0v) is 13.2. The first-order valence-electron chi connectivity index (χ1n) is 7.41. The lowest BCUT2D eigenvalue weighted by Gasteiger charge is -2.04. The van der Waals surface area contributed by atoms with Crippen LogP contribution >= 0.6 is 11.3 Å². The predicted molar refractivity (Wildman–Crippen MR) is 89.7 cm³/mol. The standard InChI is InChI=1S/C18H19NOS/c1-3-4-9-16(20)17-10-11-18(21-17)19-13(2)12-14-7-5-6-8-15(14)19/h5-8,10-12H,3-4,9H2,1-2H3. The molecule has 3 rings (SSSR count). The number of aromatic nitrogens is 1. The Morgan fingerprint density at radius 1 is 1.19 bits per heavy atom. The Hall–Kier alpha value is -1.87. The molecule has 3 heteroatoms. The van der Waals surface area contributed by atoms with Crippen LogP contribution in [0.15, 0.2) is 42.5 Å². The molecular weight excluding hydrogens is 278 g/mol. The number of unbranched alkanes of at least 4 members (excludes halogenated alkanes) is 1. The molecule has 0 aliphatic rings. The van der Waals surface area contributed by atoms with Crippen LogP contribution in [-0.2, 0) is 0 Å². The second-order valence-electron chi connectivity index (χ2n) is 5.34. The first-order chi connectivity index (χ1) is 10.2. The second-order valence-corrected chi connectivity index (χ2v) is 6.41. The lowest BCUT2D eigenvalue weighted by Crippen LogP contribution is -1.95. The maximum atomic E-state index is 12.1. The number of aryl methyl sites for hydroxylation is 1. The molecule has 2 heterocycles. The number of ketones is 1. The summed E-state index contributed by atoms with van der Waals surface area (Å²) in [5, 5.41) is 2.36. The van der Waals surface area contributed by atoms with E-state index in [-0.39, 0.29) is 5.78 Å². The van der Waals surface area contributed by atoms with Gasteiger partial charge in [-0.1, -0.05) is 31.5 Å². The van der Waals surface area contributed by atoms with Crippen molar-refractivity contribution in [3.05, 3.63) is 53.0 Å². The van der Waals surface area contributed by atoms with Crippen molar-refractivity contribution in [2.45, 2.75) is 33.1 Å². The fraction of sp³-hybridized carbons (Fsp3) is 0.278. The van der Waals surface area contributed by atoms with Gasteiger partial charge >= 0.3 is 0 Å². The van der Waals surface area contributed by atoms with E-state index in [0.717, 1.165) is 22.7 Å². The monoisotopic (exact) mass is 297 g/mol. The summed E-state index contributed by atoms with van der Waals surface area (Å²) in [6, 6.07) is 14.6. The van der Waals surface area contributed by atoms with Gasteiger partial charge < -0.3 is 4.57 Å². The van der Waals surface area contributed by atoms with Gasteiger partial charge in [0.1, 0.15) is 5.00 Å². The fourth-order valence-electron chi connectivity index (χ4n) is 2.64. The highest BCUT2D eigenvalue weighted by Gasteiger charge is 2.12. The number of rotatable bonds is 5. The average molecular weight is 297 g/mol. The molecule has 0 saturated heterocycles. The molecule has 108 valence electrons. The molecule has 2 nitrogen and oxygen atoms in total. The van der Waals surface area contributed by atoms with Gasteiger partial charge in [0.05, 0.1) is 10.4 Å². The molecule has 3 aromatic rings. The van der Waals surface area contributed by atoms with Crippen molar-refractivity contribution in [1.82, 2.24) is 4.57 Å². The van der Waals surface area contributed by atoms with Crippen LogP contribution in [0.2, 0.25) is 0 Å². The van der Waals surface area contributed by atoms with Crippen LogP contribution in [0.1, 0.15) is 41.6 Å². The molecule has 0 bridgehead atoms. The summed E-state index contributed by atoms with van der Waals surface area (Å²) < 4.78 is 2.23. The number of thiophene rings is 1. The molecule has 0 aliphatic carbocycles. The number of hydrogen-bond acceptors (Lipinski definition) is 2. The first-order valence-corrected chi connectivity index (χ1v) is 8.23. The van der Waals surface area contributed by atoms with Crippen LogP contribution in [0.3, 0.4) is 0 Å². The Bertz CT molecular complexity index is 781. The molecule has 21 heavy (non-hydrogen) atoms. The van der Waals surface area contributed by atoms with Crippen molar-refractivity contribution in [3.8, 4) is 5.00 Å². The molecule has 0 fully saturated rings. The Balaban J connectivity index is 1.98. The van der Waals surface area contributed by atoms with Gasteiger partial charge in [0, 0.05) is 17.5 Å². The van der Waals surface area contributed by atoms with Crippen molar-refractivity contribution in [2.75, 3.05) is 0 Å². The smallest absolute Gasteiger partial charge is 0.172 e. The van der Waals surface area contributed by atoms with Crippen LogP contribution in [0, 0.1) is 6.92 Å². The minimum atomic E-state index is 0.266. The molecule has 0 spiro atoms. The minimum Gasteiger partial charge on any atom is -0.305 e. The third-order valence-electron chi connectivity index (χ3n) is 3.74. The summed E-state index contributed by atoms with van der Waals surface area (Å²) in [6.07, 6.45) is 2.69. The summed E-state index contributed by atoms with van der Waals surface area (Å²) in [6.45, 7) is 4.22. The highest BCUT2D eigenvalue weighted by atomic mass is 32.1. The van der Waals surface area contributed by atoms with E-state index in [2.05, 4.69) is 54.8 Å². The number of hydrogen-bond donors (Lipinski definition) is 0. The molecule has 0 radical (unpaired) electrons. The van der Waals surface area contributed by atoms with E-state index >= 15 is 0 Å². The van der Waals surface area contributed by atoms with E-state index in [9.17, 15) is 4.79 Å². The molecule has 0 aliphatic heterocycles. The molecule has 0 atom stereocenters. The number of Topliss-reactive ketones (excluding diaryl/α,β-unsaturated/α-hetero) is 1. The second kappa shape index (κ2) is 5.86. The van der Waals surface area contributed by atoms with Crippen LogP contribution in [0.25, 0.3) is 15.9 Å². The molecular formula is C18H19NOS. The number of nitrogens with zero attached hydrogens (tertiary/aromatic N) is 1. The maximum Gasteiger partial charge on any atom is 0.172 e. The lowest BCUT2D eigenvalue weighted by atomic mass is 10.1. The first kappa shape index (κ1) is 14.1. The van der Waals surface area contributed by atoms with Crippen LogP contribution in [-0.4, -0.2) is 10.4 Å². The number of carbonyl (C=O) groups excluding carboxylic acids is 1. The SMILES string of the molecule is CCCCC(=O)c1ccc(-n2c(C)cc3ccccc32)s1. The Labute approximate surface area is 129 Å². The average Bonchev–Trinajstić information content (AvgIpc) is 3.07. The largest absolute Gasteiger partial charge is 0.305 e. The van der Waals surface area contributed by atoms with Crippen molar-refractivity contribution >= 4 is 28.0 Å². The zero-order chi connectivity index (χ0) is 14.8. The van der Waals surface area contributed by atoms with E-state index in [1.54, 1.807) is 11.3 Å². The Kier molecular flexibility index (Phi) is 3.93. The summed E-state index contributed by atoms with van der Waals surface area (Å²) in [5.41, 5.74) is 2.40. The molecule has 0 saturated carbocycles. The third kappa shape index (κ3) is 2.66. The van der Waals surface area contributed by atoms with Gasteiger partial charge in [0.25, 0.3) is 0 Å². The summed E-state index contributed by atoms with van der Waals surface area (Å²) in [7, 11) is 0. The van der Waals surface area contributed by atoms with E-state index in [0.29, 0.717) is 6.42 Å². The van der Waals surface area contributed by atoms with E-state index < -0.39 is 0 Å². The molecule has 0 amide bonds. The predicted octanol–water partition coefficient (Wildman–Crippen LogP) is 5.37. The number of benzene rings is 1. The van der Waals surface area contributed by atoms with Gasteiger partial charge in [-0.15, -0.1) is 11.3 Å². The fourth-order valence-corrected chi connectivity index (χ4v) is 3.69. The van der Waals surface area contributed by atoms with Crippen molar-refractivity contribution in [3.63, 3.8) is 0 Å². The molecule has 0 unspecified atom stereocenters. The van der Waals surface area contributed by atoms with Gasteiger partial charge in [0.15, 0.2) is 5.78 Å². The van der Waals surface area contributed by atoms with Crippen molar-refractivity contribution < 1.29 is 4.79 Å². The normalized spacial score (nSPS) is 11.1. The molecule has 2 aromatic heterocycles. The zero-order valence-electron chi connectivity index (χ0n) is 12.4. The van der Waals surface area contributed by atoms with E-state index in [1.807, 2.05) is 6.07 Å². The number of carbonyl (C=O) groups is 1. The van der Waals surface area contributed by atoms with Crippen LogP contribution in [0.5, 0.6) is 0 Å². The topological polar surface area (TPSA) is 22.0 Å². The maximum absolute atomic E-state index is 12.1. The number of fused-ring (bicyclic) bond motifs is 1. The van der Waals surface area contributed by atoms with Crippen LogP contribution in [0.4, 0.5) is 0 Å². The lowest BCUT2D eigenvalue weighted by molar-refractivity contribution is 0.0983. The van der Waals surface area contributed by atoms with Gasteiger partial charge in [-0.05, 0) is 37.6 Å². The highest BCUT2D eigenvalue weighted by molar-refractivity contribution is 7.16.